The quantitative estimate of drug-likeness (QED) is 0.798. The summed E-state index contributed by atoms with van der Waals surface area (Å²) < 4.78 is 44.9. The first-order chi connectivity index (χ1) is 7.80. The Bertz CT molecular complexity index is 447. The highest BCUT2D eigenvalue weighted by molar-refractivity contribution is 9.10. The number of aryl methyl sites for hydroxylation is 1. The summed E-state index contributed by atoms with van der Waals surface area (Å²) in [7, 11) is 0. The number of ether oxygens (including phenoxy) is 1. The highest BCUT2D eigenvalue weighted by atomic mass is 79.9. The highest BCUT2D eigenvalue weighted by Gasteiger charge is 2.45. The number of halogens is 4. The molecule has 0 amide bonds. The molecule has 0 unspecified atom stereocenters. The summed E-state index contributed by atoms with van der Waals surface area (Å²) in [5.74, 6) is -6.90. The average molecular weight is 311 g/mol. The molecule has 0 saturated heterocycles. The van der Waals surface area contributed by atoms with Gasteiger partial charge in [0.1, 0.15) is 5.82 Å². The van der Waals surface area contributed by atoms with Gasteiger partial charge in [-0.3, -0.25) is 0 Å². The van der Waals surface area contributed by atoms with E-state index in [1.807, 2.05) is 0 Å². The minimum atomic E-state index is -3.99. The van der Waals surface area contributed by atoms with Crippen LogP contribution in [0.3, 0.4) is 0 Å². The highest BCUT2D eigenvalue weighted by Crippen LogP contribution is 2.35. The van der Waals surface area contributed by atoms with Crippen LogP contribution in [0.1, 0.15) is 18.1 Å². The van der Waals surface area contributed by atoms with E-state index in [9.17, 15) is 18.0 Å². The van der Waals surface area contributed by atoms with Crippen LogP contribution in [0.5, 0.6) is 0 Å². The maximum Gasteiger partial charge on any atom is 0.382 e. The summed E-state index contributed by atoms with van der Waals surface area (Å²) >= 11 is 2.82. The van der Waals surface area contributed by atoms with E-state index in [-0.39, 0.29) is 11.1 Å². The van der Waals surface area contributed by atoms with Gasteiger partial charge in [0.05, 0.1) is 16.6 Å². The monoisotopic (exact) mass is 310 g/mol. The zero-order chi connectivity index (χ0) is 13.2. The van der Waals surface area contributed by atoms with E-state index < -0.39 is 23.3 Å². The fourth-order valence-corrected chi connectivity index (χ4v) is 1.86. The number of carbonyl (C=O) groups is 1. The first-order valence-electron chi connectivity index (χ1n) is 4.81. The SMILES string of the molecule is CCOC(=O)C(F)(F)c1cc(C)cc(Br)c1F. The summed E-state index contributed by atoms with van der Waals surface area (Å²) in [5, 5.41) is 0. The Morgan fingerprint density at radius 1 is 1.47 bits per heavy atom. The van der Waals surface area contributed by atoms with Crippen LogP contribution in [0.4, 0.5) is 13.2 Å². The van der Waals surface area contributed by atoms with Crippen LogP contribution in [0, 0.1) is 12.7 Å². The number of carbonyl (C=O) groups excluding carboxylic acids is 1. The van der Waals surface area contributed by atoms with Crippen molar-refractivity contribution in [2.24, 2.45) is 0 Å². The number of benzene rings is 1. The molecular formula is C11H10BrF3O2. The van der Waals surface area contributed by atoms with E-state index in [4.69, 9.17) is 0 Å². The largest absolute Gasteiger partial charge is 0.461 e. The standard InChI is InChI=1S/C11H10BrF3O2/c1-3-17-10(16)11(14,15)7-4-6(2)5-8(12)9(7)13/h4-5H,3H2,1-2H3. The Morgan fingerprint density at radius 3 is 2.59 bits per heavy atom. The molecule has 1 aromatic carbocycles. The molecule has 94 valence electrons. The zero-order valence-electron chi connectivity index (χ0n) is 9.19. The Hall–Kier alpha value is -1.04. The van der Waals surface area contributed by atoms with Gasteiger partial charge in [-0.1, -0.05) is 0 Å². The van der Waals surface area contributed by atoms with Crippen LogP contribution in [0.25, 0.3) is 0 Å². The van der Waals surface area contributed by atoms with Gasteiger partial charge in [-0.15, -0.1) is 0 Å². The maximum atomic E-state index is 13.6. The molecule has 0 atom stereocenters. The number of hydrogen-bond acceptors (Lipinski definition) is 2. The van der Waals surface area contributed by atoms with Crippen molar-refractivity contribution in [1.29, 1.82) is 0 Å². The molecule has 17 heavy (non-hydrogen) atoms. The van der Waals surface area contributed by atoms with Gasteiger partial charge >= 0.3 is 11.9 Å². The van der Waals surface area contributed by atoms with Crippen LogP contribution in [-0.4, -0.2) is 12.6 Å². The van der Waals surface area contributed by atoms with E-state index in [1.165, 1.54) is 19.9 Å². The Balaban J connectivity index is 3.27. The molecule has 0 heterocycles. The summed E-state index contributed by atoms with van der Waals surface area (Å²) in [6, 6.07) is 2.27. The minimum absolute atomic E-state index is 0.114. The normalized spacial score (nSPS) is 11.4. The molecule has 1 rings (SSSR count). The van der Waals surface area contributed by atoms with Gasteiger partial charge in [0.25, 0.3) is 0 Å². The van der Waals surface area contributed by atoms with Crippen molar-refractivity contribution >= 4 is 21.9 Å². The second-order valence-corrected chi connectivity index (χ2v) is 4.26. The second kappa shape index (κ2) is 5.08. The summed E-state index contributed by atoms with van der Waals surface area (Å²) in [5.41, 5.74) is -0.569. The predicted molar refractivity (Wildman–Crippen MR) is 59.4 cm³/mol. The molecular weight excluding hydrogens is 301 g/mol. The van der Waals surface area contributed by atoms with Crippen LogP contribution in [0.15, 0.2) is 16.6 Å². The summed E-state index contributed by atoms with van der Waals surface area (Å²) in [6.07, 6.45) is 0. The molecule has 0 aliphatic rings. The first kappa shape index (κ1) is 14.0. The van der Waals surface area contributed by atoms with Crippen molar-refractivity contribution in [3.8, 4) is 0 Å². The molecule has 0 aliphatic heterocycles. The van der Waals surface area contributed by atoms with Crippen molar-refractivity contribution in [2.45, 2.75) is 19.8 Å². The fourth-order valence-electron chi connectivity index (χ4n) is 1.28. The predicted octanol–water partition coefficient (Wildman–Crippen LogP) is 3.55. The third-order valence-electron chi connectivity index (χ3n) is 2.04. The summed E-state index contributed by atoms with van der Waals surface area (Å²) in [6.45, 7) is 2.73. The second-order valence-electron chi connectivity index (χ2n) is 3.40. The van der Waals surface area contributed by atoms with E-state index in [1.54, 1.807) is 0 Å². The molecule has 0 radical (unpaired) electrons. The number of alkyl halides is 2. The third-order valence-corrected chi connectivity index (χ3v) is 2.62. The lowest BCUT2D eigenvalue weighted by Gasteiger charge is -2.16. The van der Waals surface area contributed by atoms with Crippen molar-refractivity contribution in [1.82, 2.24) is 0 Å². The lowest BCUT2D eigenvalue weighted by Crippen LogP contribution is -2.29. The molecule has 0 bridgehead atoms. The first-order valence-corrected chi connectivity index (χ1v) is 5.61. The van der Waals surface area contributed by atoms with Gasteiger partial charge < -0.3 is 4.74 Å². The zero-order valence-corrected chi connectivity index (χ0v) is 10.8. The lowest BCUT2D eigenvalue weighted by molar-refractivity contribution is -0.173. The molecule has 1 aromatic rings. The van der Waals surface area contributed by atoms with Crippen molar-refractivity contribution < 1.29 is 22.7 Å². The smallest absolute Gasteiger partial charge is 0.382 e. The Morgan fingerprint density at radius 2 is 2.06 bits per heavy atom. The van der Waals surface area contributed by atoms with Crippen LogP contribution in [0.2, 0.25) is 0 Å². The van der Waals surface area contributed by atoms with Crippen LogP contribution < -0.4 is 0 Å². The van der Waals surface area contributed by atoms with Gasteiger partial charge in [-0.05, 0) is 47.5 Å². The van der Waals surface area contributed by atoms with Gasteiger partial charge in [-0.25, -0.2) is 9.18 Å². The molecule has 0 saturated carbocycles. The van der Waals surface area contributed by atoms with Crippen molar-refractivity contribution in [3.05, 3.63) is 33.5 Å². The van der Waals surface area contributed by atoms with Gasteiger partial charge in [-0.2, -0.15) is 8.78 Å². The van der Waals surface area contributed by atoms with Crippen molar-refractivity contribution in [2.75, 3.05) is 6.61 Å². The van der Waals surface area contributed by atoms with Gasteiger partial charge in [0.15, 0.2) is 0 Å². The number of rotatable bonds is 3. The molecule has 0 aromatic heterocycles. The Kier molecular flexibility index (Phi) is 4.19. The Labute approximate surface area is 105 Å². The van der Waals surface area contributed by atoms with E-state index in [0.29, 0.717) is 5.56 Å². The molecule has 0 N–H and O–H groups in total. The minimum Gasteiger partial charge on any atom is -0.461 e. The van der Waals surface area contributed by atoms with Crippen LogP contribution >= 0.6 is 15.9 Å². The van der Waals surface area contributed by atoms with E-state index >= 15 is 0 Å². The maximum absolute atomic E-state index is 13.6. The third kappa shape index (κ3) is 2.80. The topological polar surface area (TPSA) is 26.3 Å². The number of hydrogen-bond donors (Lipinski definition) is 0. The number of esters is 1. The van der Waals surface area contributed by atoms with Crippen LogP contribution in [-0.2, 0) is 15.5 Å². The molecule has 0 spiro atoms. The average Bonchev–Trinajstić information content (AvgIpc) is 2.23. The molecule has 0 aliphatic carbocycles. The lowest BCUT2D eigenvalue weighted by atomic mass is 10.1. The molecule has 2 nitrogen and oxygen atoms in total. The van der Waals surface area contributed by atoms with Gasteiger partial charge in [0, 0.05) is 0 Å². The summed E-state index contributed by atoms with van der Waals surface area (Å²) in [4.78, 5) is 11.1. The van der Waals surface area contributed by atoms with E-state index in [0.717, 1.165) is 6.07 Å². The molecule has 6 heteroatoms. The molecule has 0 fully saturated rings. The van der Waals surface area contributed by atoms with Gasteiger partial charge in [0.2, 0.25) is 0 Å². The fraction of sp³-hybridized carbons (Fsp3) is 0.364. The van der Waals surface area contributed by atoms with Crippen molar-refractivity contribution in [3.63, 3.8) is 0 Å². The van der Waals surface area contributed by atoms with E-state index in [2.05, 4.69) is 20.7 Å².